The number of rotatable bonds is 6. The third-order valence-electron chi connectivity index (χ3n) is 4.02. The predicted molar refractivity (Wildman–Crippen MR) is 75.6 cm³/mol. The molecule has 0 aromatic rings. The minimum absolute atomic E-state index is 0.909. The topological polar surface area (TPSA) is 0 Å². The van der Waals surface area contributed by atoms with Gasteiger partial charge in [0.2, 0.25) is 0 Å². The van der Waals surface area contributed by atoms with E-state index in [0.717, 1.165) is 0 Å². The summed E-state index contributed by atoms with van der Waals surface area (Å²) in [7, 11) is -0.909. The van der Waals surface area contributed by atoms with Crippen LogP contribution in [0.4, 0.5) is 0 Å². The fourth-order valence-electron chi connectivity index (χ4n) is 2.38. The summed E-state index contributed by atoms with van der Waals surface area (Å²) in [6.45, 7) is 7.33. The van der Waals surface area contributed by atoms with Crippen LogP contribution in [0.2, 0.25) is 33.2 Å². The van der Waals surface area contributed by atoms with Crippen molar-refractivity contribution in [3.63, 3.8) is 0 Å². The van der Waals surface area contributed by atoms with Crippen molar-refractivity contribution in [1.82, 2.24) is 0 Å². The van der Waals surface area contributed by atoms with Crippen LogP contribution in [0.15, 0.2) is 22.2 Å². The summed E-state index contributed by atoms with van der Waals surface area (Å²) < 4.78 is 3.48. The zero-order chi connectivity index (χ0) is 12.2. The van der Waals surface area contributed by atoms with Crippen molar-refractivity contribution in [2.45, 2.75) is 60.4 Å². The SMILES string of the molecule is CC[Si](CC)(CC)[CH2][Pt]([CH3])([CH3])[C]1=CC=CC1. The maximum atomic E-state index is 2.63. The molecule has 2 heteroatoms. The number of hydrogen-bond donors (Lipinski definition) is 0. The molecule has 0 unspecified atom stereocenters. The molecule has 0 aliphatic heterocycles. The quantitative estimate of drug-likeness (QED) is 0.496. The molecule has 0 atom stereocenters. The van der Waals surface area contributed by atoms with E-state index in [0.29, 0.717) is 0 Å². The van der Waals surface area contributed by atoms with Crippen molar-refractivity contribution < 1.29 is 16.1 Å². The zero-order valence-electron chi connectivity index (χ0n) is 11.6. The Balaban J connectivity index is 2.77. The van der Waals surface area contributed by atoms with Crippen LogP contribution in [0.3, 0.4) is 0 Å². The Labute approximate surface area is 106 Å². The molecule has 0 fully saturated rings. The molecule has 0 aromatic carbocycles. The van der Waals surface area contributed by atoms with Crippen molar-refractivity contribution in [3.05, 3.63) is 22.2 Å². The summed E-state index contributed by atoms with van der Waals surface area (Å²) in [6, 6.07) is 4.48. The first-order valence-corrected chi connectivity index (χ1v) is 16.4. The van der Waals surface area contributed by atoms with Gasteiger partial charge in [0.1, 0.15) is 0 Å². The average Bonchev–Trinajstić information content (AvgIpc) is 2.80. The Kier molecular flexibility index (Phi) is 5.26. The summed E-state index contributed by atoms with van der Waals surface area (Å²) in [5, 5.41) is 5.27. The van der Waals surface area contributed by atoms with E-state index < -0.39 is 24.1 Å². The Bertz CT molecular complexity index is 277. The van der Waals surface area contributed by atoms with E-state index in [9.17, 15) is 0 Å². The van der Waals surface area contributed by atoms with Crippen LogP contribution < -0.4 is 0 Å². The van der Waals surface area contributed by atoms with E-state index in [2.05, 4.69) is 49.6 Å². The van der Waals surface area contributed by atoms with Crippen LogP contribution in [-0.4, -0.2) is 8.07 Å². The van der Waals surface area contributed by atoms with Gasteiger partial charge in [-0.15, -0.1) is 0 Å². The van der Waals surface area contributed by atoms with Crippen LogP contribution >= 0.6 is 0 Å². The molecule has 0 aromatic heterocycles. The van der Waals surface area contributed by atoms with Crippen LogP contribution in [0.1, 0.15) is 27.2 Å². The van der Waals surface area contributed by atoms with Crippen LogP contribution in [0.25, 0.3) is 0 Å². The number of hydrogen-bond acceptors (Lipinski definition) is 0. The minimum atomic E-state index is -1.57. The Morgan fingerprint density at radius 1 is 1.12 bits per heavy atom. The standard InChI is InChI=1S/C7H17Si.C5H5.2CH3.Pt/c1-5-8(4,6-2)7-3;1-2-4-5-3-1;;;/h4-7H2,1-3H3;1-3H,4H2;2*1H3;. The summed E-state index contributed by atoms with van der Waals surface area (Å²) in [5.41, 5.74) is 0. The molecular formula is C14H28PtSi. The second-order valence-corrected chi connectivity index (χ2v) is 22.8. The average molecular weight is 420 g/mol. The Morgan fingerprint density at radius 3 is 2.06 bits per heavy atom. The summed E-state index contributed by atoms with van der Waals surface area (Å²) in [6.07, 6.45) is 8.31. The third kappa shape index (κ3) is 3.20. The molecular weight excluding hydrogens is 391 g/mol. The van der Waals surface area contributed by atoms with Gasteiger partial charge < -0.3 is 0 Å². The van der Waals surface area contributed by atoms with E-state index >= 15 is 0 Å². The van der Waals surface area contributed by atoms with Gasteiger partial charge in [-0.2, -0.15) is 0 Å². The molecule has 98 valence electrons. The van der Waals surface area contributed by atoms with Crippen LogP contribution in [0.5, 0.6) is 0 Å². The number of allylic oxidation sites excluding steroid dienone is 4. The van der Waals surface area contributed by atoms with Crippen molar-refractivity contribution >= 4 is 8.07 Å². The molecule has 0 N–H and O–H groups in total. The van der Waals surface area contributed by atoms with Gasteiger partial charge in [-0.3, -0.25) is 0 Å². The second-order valence-electron chi connectivity index (χ2n) is 5.07. The van der Waals surface area contributed by atoms with Gasteiger partial charge >= 0.3 is 107 Å². The first-order valence-electron chi connectivity index (χ1n) is 6.27. The maximum absolute atomic E-state index is 2.63. The fourth-order valence-corrected chi connectivity index (χ4v) is 27.9. The molecule has 0 spiro atoms. The van der Waals surface area contributed by atoms with Gasteiger partial charge in [0.05, 0.1) is 0 Å². The Morgan fingerprint density at radius 2 is 1.69 bits per heavy atom. The van der Waals surface area contributed by atoms with E-state index in [-0.39, 0.29) is 0 Å². The third-order valence-corrected chi connectivity index (χ3v) is 25.5. The molecule has 0 heterocycles. The van der Waals surface area contributed by atoms with Crippen molar-refractivity contribution in [2.75, 3.05) is 0 Å². The molecule has 0 amide bonds. The normalized spacial score (nSPS) is 17.7. The van der Waals surface area contributed by atoms with Crippen molar-refractivity contribution in [1.29, 1.82) is 0 Å². The van der Waals surface area contributed by atoms with Crippen LogP contribution in [-0.2, 0) is 16.1 Å². The summed E-state index contributed by atoms with van der Waals surface area (Å²) in [5.74, 6) is 0. The summed E-state index contributed by atoms with van der Waals surface area (Å²) in [4.78, 5) is 0. The Hall–Kier alpha value is 0.385. The molecule has 0 bridgehead atoms. The van der Waals surface area contributed by atoms with Gasteiger partial charge in [-0.1, -0.05) is 0 Å². The first-order chi connectivity index (χ1) is 7.49. The predicted octanol–water partition coefficient (Wildman–Crippen LogP) is 5.55. The van der Waals surface area contributed by atoms with Gasteiger partial charge in [-0.25, -0.2) is 0 Å². The molecule has 0 nitrogen and oxygen atoms in total. The second kappa shape index (κ2) is 5.82. The zero-order valence-corrected chi connectivity index (χ0v) is 14.9. The summed E-state index contributed by atoms with van der Waals surface area (Å²) >= 11 is -1.57. The molecule has 0 saturated heterocycles. The molecule has 1 aliphatic rings. The molecule has 1 aliphatic carbocycles. The van der Waals surface area contributed by atoms with Gasteiger partial charge in [0.15, 0.2) is 0 Å². The van der Waals surface area contributed by atoms with E-state index in [1.165, 1.54) is 24.6 Å². The van der Waals surface area contributed by atoms with Crippen molar-refractivity contribution in [2.24, 2.45) is 0 Å². The van der Waals surface area contributed by atoms with Gasteiger partial charge in [0, 0.05) is 0 Å². The first kappa shape index (κ1) is 14.4. The molecule has 16 heavy (non-hydrogen) atoms. The van der Waals surface area contributed by atoms with E-state index in [4.69, 9.17) is 0 Å². The molecule has 1 rings (SSSR count). The van der Waals surface area contributed by atoms with Gasteiger partial charge in [-0.05, 0) is 0 Å². The fraction of sp³-hybridized carbons (Fsp3) is 0.714. The molecule has 0 radical (unpaired) electrons. The molecule has 0 saturated carbocycles. The monoisotopic (exact) mass is 419 g/mol. The van der Waals surface area contributed by atoms with E-state index in [1.807, 2.05) is 3.96 Å². The van der Waals surface area contributed by atoms with Gasteiger partial charge in [0.25, 0.3) is 0 Å². The van der Waals surface area contributed by atoms with Crippen molar-refractivity contribution in [3.8, 4) is 0 Å². The van der Waals surface area contributed by atoms with E-state index in [1.54, 1.807) is 4.43 Å². The van der Waals surface area contributed by atoms with Crippen LogP contribution in [0, 0.1) is 0 Å².